The van der Waals surface area contributed by atoms with Crippen LogP contribution in [0.1, 0.15) is 4.88 Å². The van der Waals surface area contributed by atoms with Crippen molar-refractivity contribution in [3.05, 3.63) is 23.5 Å². The van der Waals surface area contributed by atoms with Crippen molar-refractivity contribution < 1.29 is 30.4 Å². The van der Waals surface area contributed by atoms with Gasteiger partial charge in [0.1, 0.15) is 28.9 Å². The second-order valence-corrected chi connectivity index (χ2v) is 21.1. The SMILES string of the molecule is N#Cc1cnc(Nc2cc(N3CCN(CCN4CCS(=O)(=O)CC4)CC3)ncn2)s1.O=S1(=O)CCN(CCCl)CC1.O=S1(=O)CCN(CCO)CC1. The van der Waals surface area contributed by atoms with Crippen molar-refractivity contribution in [3.63, 3.8) is 0 Å². The van der Waals surface area contributed by atoms with Crippen LogP contribution in [-0.2, 0) is 29.5 Å². The lowest BCUT2D eigenvalue weighted by Gasteiger charge is -2.36. The zero-order valence-corrected chi connectivity index (χ0v) is 33.2. The molecular formula is C30H49ClN10O7S4. The molecule has 0 radical (unpaired) electrons. The quantitative estimate of drug-likeness (QED) is 0.277. The molecule has 6 rings (SSSR count). The van der Waals surface area contributed by atoms with E-state index in [4.69, 9.17) is 22.0 Å². The summed E-state index contributed by atoms with van der Waals surface area (Å²) < 4.78 is 66.8. The van der Waals surface area contributed by atoms with Crippen LogP contribution in [0.4, 0.5) is 16.8 Å². The fraction of sp³-hybridized carbons (Fsp3) is 0.733. The Morgan fingerprint density at radius 2 is 1.19 bits per heavy atom. The minimum absolute atomic E-state index is 0.111. The molecule has 292 valence electrons. The number of nitrogens with one attached hydrogen (secondary N) is 1. The van der Waals surface area contributed by atoms with Crippen LogP contribution >= 0.6 is 22.9 Å². The molecule has 2 aromatic heterocycles. The van der Waals surface area contributed by atoms with E-state index in [1.165, 1.54) is 23.9 Å². The van der Waals surface area contributed by atoms with E-state index in [0.29, 0.717) is 79.0 Å². The summed E-state index contributed by atoms with van der Waals surface area (Å²) in [6, 6.07) is 3.98. The van der Waals surface area contributed by atoms with E-state index in [9.17, 15) is 25.3 Å². The van der Waals surface area contributed by atoms with Crippen LogP contribution in [0.25, 0.3) is 0 Å². The Balaban J connectivity index is 0.000000224. The summed E-state index contributed by atoms with van der Waals surface area (Å²) in [5.74, 6) is 3.74. The van der Waals surface area contributed by atoms with Gasteiger partial charge < -0.3 is 25.1 Å². The van der Waals surface area contributed by atoms with E-state index in [1.807, 2.05) is 11.0 Å². The second-order valence-electron chi connectivity index (χ2n) is 12.7. The minimum atomic E-state index is -2.82. The second kappa shape index (κ2) is 20.4. The summed E-state index contributed by atoms with van der Waals surface area (Å²) in [6.45, 7) is 10.7. The minimum Gasteiger partial charge on any atom is -0.395 e. The predicted molar refractivity (Wildman–Crippen MR) is 204 cm³/mol. The number of hydrogen-bond donors (Lipinski definition) is 2. The van der Waals surface area contributed by atoms with E-state index in [-0.39, 0.29) is 29.6 Å². The van der Waals surface area contributed by atoms with E-state index < -0.39 is 29.5 Å². The summed E-state index contributed by atoms with van der Waals surface area (Å²) in [4.78, 5) is 24.3. The Labute approximate surface area is 316 Å². The van der Waals surface area contributed by atoms with Crippen molar-refractivity contribution in [2.24, 2.45) is 0 Å². The molecular weight excluding hydrogens is 776 g/mol. The first-order valence-electron chi connectivity index (χ1n) is 17.2. The molecule has 52 heavy (non-hydrogen) atoms. The highest BCUT2D eigenvalue weighted by Crippen LogP contribution is 2.23. The highest BCUT2D eigenvalue weighted by atomic mass is 35.5. The molecule has 0 unspecified atom stereocenters. The molecule has 4 fully saturated rings. The van der Waals surface area contributed by atoms with Gasteiger partial charge in [-0.3, -0.25) is 9.80 Å². The lowest BCUT2D eigenvalue weighted by Crippen LogP contribution is -2.50. The van der Waals surface area contributed by atoms with Gasteiger partial charge in [-0.05, 0) is 0 Å². The van der Waals surface area contributed by atoms with Crippen LogP contribution in [0.2, 0.25) is 0 Å². The lowest BCUT2D eigenvalue weighted by atomic mass is 10.3. The van der Waals surface area contributed by atoms with Crippen molar-refractivity contribution >= 4 is 69.2 Å². The van der Waals surface area contributed by atoms with Gasteiger partial charge in [-0.2, -0.15) is 5.26 Å². The molecule has 0 amide bonds. The maximum atomic E-state index is 11.5. The smallest absolute Gasteiger partial charge is 0.189 e. The molecule has 2 aromatic rings. The van der Waals surface area contributed by atoms with Gasteiger partial charge >= 0.3 is 0 Å². The first-order chi connectivity index (χ1) is 24.8. The van der Waals surface area contributed by atoms with Crippen molar-refractivity contribution in [3.8, 4) is 6.07 Å². The molecule has 22 heteroatoms. The first kappa shape index (κ1) is 42.5. The number of aromatic nitrogens is 3. The molecule has 6 heterocycles. The molecule has 0 bridgehead atoms. The van der Waals surface area contributed by atoms with E-state index in [1.54, 1.807) is 0 Å². The number of nitriles is 1. The number of alkyl halides is 1. The molecule has 2 N–H and O–H groups in total. The molecule has 4 aliphatic heterocycles. The first-order valence-corrected chi connectivity index (χ1v) is 24.0. The van der Waals surface area contributed by atoms with E-state index >= 15 is 0 Å². The Bertz CT molecular complexity index is 1700. The van der Waals surface area contributed by atoms with Crippen molar-refractivity contribution in [1.82, 2.24) is 34.6 Å². The average molecular weight is 826 g/mol. The van der Waals surface area contributed by atoms with Crippen LogP contribution in [0.5, 0.6) is 0 Å². The summed E-state index contributed by atoms with van der Waals surface area (Å²) in [5.41, 5.74) is 0. The highest BCUT2D eigenvalue weighted by molar-refractivity contribution is 7.92. The van der Waals surface area contributed by atoms with E-state index in [2.05, 4.69) is 45.9 Å². The van der Waals surface area contributed by atoms with Gasteiger partial charge in [-0.15, -0.1) is 11.6 Å². The Kier molecular flexibility index (Phi) is 16.7. The zero-order chi connectivity index (χ0) is 37.6. The molecule has 17 nitrogen and oxygen atoms in total. The standard InChI is InChI=1S/C18H24N8O2S2.C6H12ClNO2S.C6H13NO3S/c19-12-15-13-20-18(29-15)23-16-11-17(22-14-21-16)26-5-3-24(4-6-26)1-2-25-7-9-30(27,28)10-8-25;7-1-2-8-3-5-11(9,10)6-4-8;8-4-1-7-2-5-11(9,10)6-3-7/h11,13-14H,1-10H2,(H,20,21,22,23);1-6H2;8H,1-6H2. The Morgan fingerprint density at radius 1 is 0.712 bits per heavy atom. The number of thiazole rings is 1. The maximum Gasteiger partial charge on any atom is 0.189 e. The predicted octanol–water partition coefficient (Wildman–Crippen LogP) is -0.935. The number of aliphatic hydroxyl groups excluding tert-OH is 1. The molecule has 0 aliphatic carbocycles. The van der Waals surface area contributed by atoms with Crippen LogP contribution in [0.3, 0.4) is 0 Å². The van der Waals surface area contributed by atoms with Gasteiger partial charge in [-0.25, -0.2) is 40.2 Å². The summed E-state index contributed by atoms with van der Waals surface area (Å²) in [5, 5.41) is 21.2. The fourth-order valence-electron chi connectivity index (χ4n) is 5.75. The number of anilines is 3. The van der Waals surface area contributed by atoms with Gasteiger partial charge in [0, 0.05) is 104 Å². The molecule has 0 atom stereocenters. The maximum absolute atomic E-state index is 11.5. The molecule has 0 spiro atoms. The number of aliphatic hydroxyl groups is 1. The Hall–Kier alpha value is -2.26. The number of halogens is 1. The van der Waals surface area contributed by atoms with Gasteiger partial charge in [0.15, 0.2) is 34.6 Å². The number of piperazine rings is 1. The number of sulfone groups is 3. The van der Waals surface area contributed by atoms with Gasteiger partial charge in [0.05, 0.1) is 47.3 Å². The van der Waals surface area contributed by atoms with Gasteiger partial charge in [-0.1, -0.05) is 11.3 Å². The molecule has 4 aliphatic rings. The molecule has 4 saturated heterocycles. The number of rotatable bonds is 10. The van der Waals surface area contributed by atoms with Crippen LogP contribution < -0.4 is 10.2 Å². The van der Waals surface area contributed by atoms with Crippen molar-refractivity contribution in [1.29, 1.82) is 5.26 Å². The van der Waals surface area contributed by atoms with Crippen LogP contribution in [-0.4, -0.2) is 204 Å². The summed E-state index contributed by atoms with van der Waals surface area (Å²) in [6.07, 6.45) is 3.07. The van der Waals surface area contributed by atoms with Crippen molar-refractivity contribution in [2.45, 2.75) is 0 Å². The normalized spacial score (nSPS) is 22.2. The largest absolute Gasteiger partial charge is 0.395 e. The molecule has 0 aromatic carbocycles. The third kappa shape index (κ3) is 14.9. The van der Waals surface area contributed by atoms with Crippen molar-refractivity contribution in [2.75, 3.05) is 149 Å². The Morgan fingerprint density at radius 3 is 1.65 bits per heavy atom. The fourth-order valence-corrected chi connectivity index (χ4v) is 10.4. The zero-order valence-electron chi connectivity index (χ0n) is 29.2. The summed E-state index contributed by atoms with van der Waals surface area (Å²) in [7, 11) is -8.29. The van der Waals surface area contributed by atoms with E-state index in [0.717, 1.165) is 51.6 Å². The van der Waals surface area contributed by atoms with Gasteiger partial charge in [0.25, 0.3) is 0 Å². The number of hydrogen-bond acceptors (Lipinski definition) is 18. The highest BCUT2D eigenvalue weighted by Gasteiger charge is 2.24. The number of β-amino-alcohol motifs (C(OH)–C–C–N with tert-alkyl or cyclic N) is 1. The monoisotopic (exact) mass is 824 g/mol. The van der Waals surface area contributed by atoms with Crippen LogP contribution in [0.15, 0.2) is 18.6 Å². The summed E-state index contributed by atoms with van der Waals surface area (Å²) >= 11 is 6.80. The lowest BCUT2D eigenvalue weighted by molar-refractivity contribution is 0.203. The average Bonchev–Trinajstić information content (AvgIpc) is 3.58. The third-order valence-electron chi connectivity index (χ3n) is 9.06. The number of nitrogens with zero attached hydrogens (tertiary/aromatic N) is 9. The topological polar surface area (TPSA) is 213 Å². The van der Waals surface area contributed by atoms with Crippen LogP contribution in [0, 0.1) is 11.3 Å². The third-order valence-corrected chi connectivity index (χ3v) is 14.9. The van der Waals surface area contributed by atoms with Gasteiger partial charge in [0.2, 0.25) is 0 Å². The molecule has 0 saturated carbocycles.